The first-order chi connectivity index (χ1) is 8.70. The third kappa shape index (κ3) is 2.57. The monoisotopic (exact) mass is 244 g/mol. The van der Waals surface area contributed by atoms with Crippen LogP contribution in [0.1, 0.15) is 10.4 Å². The molecule has 1 heterocycles. The third-order valence-corrected chi connectivity index (χ3v) is 2.30. The van der Waals surface area contributed by atoms with Crippen LogP contribution in [0, 0.1) is 0 Å². The van der Waals surface area contributed by atoms with Crippen molar-refractivity contribution in [2.45, 2.75) is 0 Å². The zero-order valence-corrected chi connectivity index (χ0v) is 9.79. The number of esters is 1. The lowest BCUT2D eigenvalue weighted by Gasteiger charge is -2.09. The van der Waals surface area contributed by atoms with Crippen LogP contribution >= 0.6 is 0 Å². The van der Waals surface area contributed by atoms with Gasteiger partial charge < -0.3 is 15.2 Å². The molecule has 0 aliphatic carbocycles. The summed E-state index contributed by atoms with van der Waals surface area (Å²) in [5.74, 6) is 0.503. The summed E-state index contributed by atoms with van der Waals surface area (Å²) < 4.78 is 10.2. The van der Waals surface area contributed by atoms with Crippen molar-refractivity contribution in [3.05, 3.63) is 48.3 Å². The summed E-state index contributed by atoms with van der Waals surface area (Å²) >= 11 is 0. The molecule has 2 rings (SSSR count). The van der Waals surface area contributed by atoms with Crippen LogP contribution in [0.2, 0.25) is 0 Å². The summed E-state index contributed by atoms with van der Waals surface area (Å²) in [5, 5.41) is 0. The number of aromatic nitrogens is 1. The Labute approximate surface area is 104 Å². The Morgan fingerprint density at radius 3 is 2.83 bits per heavy atom. The number of nitrogens with zero attached hydrogens (tertiary/aromatic N) is 1. The van der Waals surface area contributed by atoms with E-state index in [1.165, 1.54) is 13.2 Å². The molecule has 0 saturated carbocycles. The SMILES string of the molecule is COC(=O)c1ccc(N)c(Oc2cccnc2)c1. The maximum atomic E-state index is 11.4. The molecule has 18 heavy (non-hydrogen) atoms. The third-order valence-electron chi connectivity index (χ3n) is 2.30. The standard InChI is InChI=1S/C13H12N2O3/c1-17-13(16)9-4-5-11(14)12(7-9)18-10-3-2-6-15-8-10/h2-8H,14H2,1H3. The second-order valence-electron chi connectivity index (χ2n) is 3.53. The molecule has 0 aliphatic heterocycles. The Morgan fingerprint density at radius 2 is 2.17 bits per heavy atom. The smallest absolute Gasteiger partial charge is 0.337 e. The number of nitrogen functional groups attached to an aromatic ring is 1. The van der Waals surface area contributed by atoms with Gasteiger partial charge in [-0.3, -0.25) is 4.98 Å². The molecule has 92 valence electrons. The van der Waals surface area contributed by atoms with E-state index in [0.717, 1.165) is 0 Å². The summed E-state index contributed by atoms with van der Waals surface area (Å²) in [5.41, 5.74) is 6.60. The van der Waals surface area contributed by atoms with E-state index in [-0.39, 0.29) is 0 Å². The van der Waals surface area contributed by atoms with E-state index in [1.807, 2.05) is 0 Å². The molecule has 2 N–H and O–H groups in total. The Morgan fingerprint density at radius 1 is 1.33 bits per heavy atom. The average Bonchev–Trinajstić information content (AvgIpc) is 2.41. The van der Waals surface area contributed by atoms with Gasteiger partial charge in [-0.2, -0.15) is 0 Å². The number of benzene rings is 1. The Hall–Kier alpha value is -2.56. The summed E-state index contributed by atoms with van der Waals surface area (Å²) in [6.45, 7) is 0. The lowest BCUT2D eigenvalue weighted by molar-refractivity contribution is 0.0600. The Kier molecular flexibility index (Phi) is 3.43. The lowest BCUT2D eigenvalue weighted by atomic mass is 10.2. The first-order valence-electron chi connectivity index (χ1n) is 5.26. The topological polar surface area (TPSA) is 74.4 Å². The number of carbonyl (C=O) groups excluding carboxylic acids is 1. The van der Waals surface area contributed by atoms with Crippen molar-refractivity contribution in [2.75, 3.05) is 12.8 Å². The second kappa shape index (κ2) is 5.18. The van der Waals surface area contributed by atoms with Gasteiger partial charge in [0.25, 0.3) is 0 Å². The van der Waals surface area contributed by atoms with Gasteiger partial charge in [-0.25, -0.2) is 4.79 Å². The van der Waals surface area contributed by atoms with Crippen LogP contribution in [-0.2, 0) is 4.74 Å². The molecule has 0 saturated heterocycles. The lowest BCUT2D eigenvalue weighted by Crippen LogP contribution is -2.02. The molecule has 0 aliphatic rings. The van der Waals surface area contributed by atoms with Gasteiger partial charge >= 0.3 is 5.97 Å². The molecule has 5 heteroatoms. The minimum absolute atomic E-state index is 0.380. The van der Waals surface area contributed by atoms with Crippen molar-refractivity contribution >= 4 is 11.7 Å². The minimum Gasteiger partial charge on any atom is -0.465 e. The van der Waals surface area contributed by atoms with Crippen LogP contribution in [-0.4, -0.2) is 18.1 Å². The van der Waals surface area contributed by atoms with Crippen molar-refractivity contribution in [2.24, 2.45) is 0 Å². The Balaban J connectivity index is 2.30. The van der Waals surface area contributed by atoms with E-state index in [1.54, 1.807) is 36.7 Å². The van der Waals surface area contributed by atoms with E-state index in [4.69, 9.17) is 10.5 Å². The van der Waals surface area contributed by atoms with Crippen LogP contribution in [0.4, 0.5) is 5.69 Å². The molecular weight excluding hydrogens is 232 g/mol. The van der Waals surface area contributed by atoms with Gasteiger partial charge in [-0.15, -0.1) is 0 Å². The second-order valence-corrected chi connectivity index (χ2v) is 3.53. The van der Waals surface area contributed by atoms with Gasteiger partial charge in [0.05, 0.1) is 24.6 Å². The van der Waals surface area contributed by atoms with Gasteiger partial charge in [0.2, 0.25) is 0 Å². The van der Waals surface area contributed by atoms with Crippen LogP contribution in [0.25, 0.3) is 0 Å². The number of hydrogen-bond acceptors (Lipinski definition) is 5. The van der Waals surface area contributed by atoms with E-state index < -0.39 is 5.97 Å². The first kappa shape index (κ1) is 11.9. The number of nitrogens with two attached hydrogens (primary N) is 1. The highest BCUT2D eigenvalue weighted by Crippen LogP contribution is 2.28. The van der Waals surface area contributed by atoms with E-state index in [0.29, 0.717) is 22.7 Å². The predicted molar refractivity (Wildman–Crippen MR) is 66.5 cm³/mol. The van der Waals surface area contributed by atoms with Crippen molar-refractivity contribution in [3.63, 3.8) is 0 Å². The summed E-state index contributed by atoms with van der Waals surface area (Å²) in [7, 11) is 1.32. The number of carbonyl (C=O) groups is 1. The highest BCUT2D eigenvalue weighted by atomic mass is 16.5. The average molecular weight is 244 g/mol. The molecule has 0 amide bonds. The predicted octanol–water partition coefficient (Wildman–Crippen LogP) is 2.24. The zero-order valence-electron chi connectivity index (χ0n) is 9.79. The summed E-state index contributed by atoms with van der Waals surface area (Å²) in [6, 6.07) is 8.20. The number of pyridine rings is 1. The van der Waals surface area contributed by atoms with Gasteiger partial charge in [0.15, 0.2) is 5.75 Å². The van der Waals surface area contributed by atoms with Crippen molar-refractivity contribution < 1.29 is 14.3 Å². The molecule has 1 aromatic heterocycles. The first-order valence-corrected chi connectivity index (χ1v) is 5.26. The largest absolute Gasteiger partial charge is 0.465 e. The van der Waals surface area contributed by atoms with Gasteiger partial charge in [0, 0.05) is 6.20 Å². The fourth-order valence-corrected chi connectivity index (χ4v) is 1.40. The maximum absolute atomic E-state index is 11.4. The van der Waals surface area contributed by atoms with Crippen LogP contribution in [0.3, 0.4) is 0 Å². The zero-order chi connectivity index (χ0) is 13.0. The molecule has 1 aromatic carbocycles. The molecular formula is C13H12N2O3. The highest BCUT2D eigenvalue weighted by molar-refractivity contribution is 5.90. The number of methoxy groups -OCH3 is 1. The van der Waals surface area contributed by atoms with Gasteiger partial charge in [-0.05, 0) is 30.3 Å². The Bertz CT molecular complexity index is 555. The van der Waals surface area contributed by atoms with Crippen LogP contribution in [0.5, 0.6) is 11.5 Å². The quantitative estimate of drug-likeness (QED) is 0.662. The van der Waals surface area contributed by atoms with Crippen LogP contribution in [0.15, 0.2) is 42.7 Å². The summed E-state index contributed by atoms with van der Waals surface area (Å²) in [4.78, 5) is 15.3. The number of rotatable bonds is 3. The molecule has 0 radical (unpaired) electrons. The maximum Gasteiger partial charge on any atom is 0.337 e. The molecule has 5 nitrogen and oxygen atoms in total. The van der Waals surface area contributed by atoms with E-state index in [2.05, 4.69) is 9.72 Å². The van der Waals surface area contributed by atoms with Crippen LogP contribution < -0.4 is 10.5 Å². The van der Waals surface area contributed by atoms with Crippen molar-refractivity contribution in [3.8, 4) is 11.5 Å². The van der Waals surface area contributed by atoms with E-state index >= 15 is 0 Å². The molecule has 0 bridgehead atoms. The molecule has 0 spiro atoms. The minimum atomic E-state index is -0.439. The molecule has 0 unspecified atom stereocenters. The van der Waals surface area contributed by atoms with Crippen molar-refractivity contribution in [1.29, 1.82) is 0 Å². The normalized spacial score (nSPS) is 9.83. The number of ether oxygens (including phenoxy) is 2. The van der Waals surface area contributed by atoms with Gasteiger partial charge in [-0.1, -0.05) is 0 Å². The van der Waals surface area contributed by atoms with E-state index in [9.17, 15) is 4.79 Å². The fraction of sp³-hybridized carbons (Fsp3) is 0.0769. The molecule has 0 fully saturated rings. The van der Waals surface area contributed by atoms with Crippen molar-refractivity contribution in [1.82, 2.24) is 4.98 Å². The molecule has 2 aromatic rings. The number of hydrogen-bond donors (Lipinski definition) is 1. The van der Waals surface area contributed by atoms with Gasteiger partial charge in [0.1, 0.15) is 5.75 Å². The number of anilines is 1. The summed E-state index contributed by atoms with van der Waals surface area (Å²) in [6.07, 6.45) is 3.20. The molecule has 0 atom stereocenters. The fourth-order valence-electron chi connectivity index (χ4n) is 1.40. The highest BCUT2D eigenvalue weighted by Gasteiger charge is 2.09.